The van der Waals surface area contributed by atoms with Gasteiger partial charge in [-0.25, -0.2) is 4.79 Å². The summed E-state index contributed by atoms with van der Waals surface area (Å²) in [5.74, 6) is -3.20. The van der Waals surface area contributed by atoms with Gasteiger partial charge in [-0.1, -0.05) is 33.1 Å². The van der Waals surface area contributed by atoms with Gasteiger partial charge >= 0.3 is 11.9 Å². The number of fused-ring (bicyclic) bond motifs is 1. The average molecular weight is 368 g/mol. The van der Waals surface area contributed by atoms with Gasteiger partial charge in [0.2, 0.25) is 5.91 Å². The molecule has 1 aliphatic heterocycles. The quantitative estimate of drug-likeness (QED) is 0.666. The molecular formula is C19H32N2O5. The molecule has 5 atom stereocenters. The second kappa shape index (κ2) is 8.37. The molecule has 1 amide bonds. The number of carbonyl (C=O) groups is 3. The van der Waals surface area contributed by atoms with Crippen molar-refractivity contribution in [2.75, 3.05) is 6.61 Å². The molecule has 3 N–H and O–H groups in total. The van der Waals surface area contributed by atoms with E-state index in [-0.39, 0.29) is 30.9 Å². The fourth-order valence-electron chi connectivity index (χ4n) is 5.06. The highest BCUT2D eigenvalue weighted by molar-refractivity contribution is 5.89. The number of hydrogen-bond acceptors (Lipinski definition) is 5. The zero-order chi connectivity index (χ0) is 19.5. The van der Waals surface area contributed by atoms with Crippen LogP contribution in [0.4, 0.5) is 0 Å². The molecule has 5 unspecified atom stereocenters. The smallest absolute Gasteiger partial charge is 0.345 e. The Morgan fingerprint density at radius 2 is 1.88 bits per heavy atom. The lowest BCUT2D eigenvalue weighted by molar-refractivity contribution is -0.165. The largest absolute Gasteiger partial charge is 0.478 e. The summed E-state index contributed by atoms with van der Waals surface area (Å²) in [7, 11) is 0. The third kappa shape index (κ3) is 3.33. The molecule has 0 aromatic carbocycles. The molecule has 0 aromatic rings. The molecular weight excluding hydrogens is 336 g/mol. The van der Waals surface area contributed by atoms with Gasteiger partial charge in [0, 0.05) is 18.4 Å². The van der Waals surface area contributed by atoms with Crippen LogP contribution in [0.25, 0.3) is 0 Å². The van der Waals surface area contributed by atoms with Crippen molar-refractivity contribution >= 4 is 17.8 Å². The van der Waals surface area contributed by atoms with Crippen LogP contribution in [0.2, 0.25) is 0 Å². The summed E-state index contributed by atoms with van der Waals surface area (Å²) in [5.41, 5.74) is 4.63. The third-order valence-electron chi connectivity index (χ3n) is 6.02. The summed E-state index contributed by atoms with van der Waals surface area (Å²) in [6.45, 7) is 5.64. The van der Waals surface area contributed by atoms with Crippen LogP contribution in [0, 0.1) is 17.8 Å². The highest BCUT2D eigenvalue weighted by Gasteiger charge is 2.65. The fourth-order valence-corrected chi connectivity index (χ4v) is 5.06. The number of nitrogens with zero attached hydrogens (tertiary/aromatic N) is 1. The third-order valence-corrected chi connectivity index (χ3v) is 6.02. The number of likely N-dealkylation sites (tertiary alicyclic amines) is 1. The molecule has 2 rings (SSSR count). The average Bonchev–Trinajstić information content (AvgIpc) is 2.89. The molecule has 2 fully saturated rings. The fraction of sp³-hybridized carbons (Fsp3) is 0.842. The minimum atomic E-state index is -1.86. The summed E-state index contributed by atoms with van der Waals surface area (Å²) in [6.07, 6.45) is 4.84. The van der Waals surface area contributed by atoms with E-state index >= 15 is 0 Å². The number of esters is 1. The van der Waals surface area contributed by atoms with E-state index in [1.165, 1.54) is 4.90 Å². The van der Waals surface area contributed by atoms with E-state index in [2.05, 4.69) is 0 Å². The molecule has 7 heteroatoms. The summed E-state index contributed by atoms with van der Waals surface area (Å²) < 4.78 is 5.25. The molecule has 0 bridgehead atoms. The number of nitrogens with two attached hydrogens (primary N) is 1. The van der Waals surface area contributed by atoms with Crippen LogP contribution in [-0.4, -0.2) is 46.2 Å². The van der Waals surface area contributed by atoms with E-state index in [4.69, 9.17) is 10.5 Å². The predicted molar refractivity (Wildman–Crippen MR) is 96.0 cm³/mol. The highest BCUT2D eigenvalue weighted by atomic mass is 16.5. The molecule has 0 spiro atoms. The summed E-state index contributed by atoms with van der Waals surface area (Å²) >= 11 is 0. The first-order chi connectivity index (χ1) is 12.3. The van der Waals surface area contributed by atoms with E-state index in [0.717, 1.165) is 32.1 Å². The van der Waals surface area contributed by atoms with Crippen LogP contribution >= 0.6 is 0 Å². The van der Waals surface area contributed by atoms with Crippen LogP contribution in [0.3, 0.4) is 0 Å². The summed E-state index contributed by atoms with van der Waals surface area (Å²) in [5, 5.41) is 10.1. The van der Waals surface area contributed by atoms with Crippen LogP contribution in [0.15, 0.2) is 0 Å². The number of aliphatic carboxylic acids is 1. The van der Waals surface area contributed by atoms with Crippen molar-refractivity contribution in [3.63, 3.8) is 0 Å². The molecule has 7 nitrogen and oxygen atoms in total. The lowest BCUT2D eigenvalue weighted by atomic mass is 9.69. The van der Waals surface area contributed by atoms with Crippen molar-refractivity contribution in [3.8, 4) is 0 Å². The molecule has 2 aliphatic rings. The van der Waals surface area contributed by atoms with Gasteiger partial charge in [0.25, 0.3) is 0 Å². The number of carboxylic acids is 1. The molecule has 1 aliphatic carbocycles. The van der Waals surface area contributed by atoms with Crippen molar-refractivity contribution in [2.24, 2.45) is 23.5 Å². The van der Waals surface area contributed by atoms with Crippen molar-refractivity contribution in [2.45, 2.75) is 77.4 Å². The first-order valence-electron chi connectivity index (χ1n) is 9.85. The van der Waals surface area contributed by atoms with Crippen molar-refractivity contribution in [1.29, 1.82) is 0 Å². The van der Waals surface area contributed by atoms with Gasteiger partial charge < -0.3 is 14.7 Å². The Morgan fingerprint density at radius 1 is 1.23 bits per heavy atom. The Balaban J connectivity index is 2.56. The number of carboxylic acid groups (broad SMARTS) is 1. The summed E-state index contributed by atoms with van der Waals surface area (Å²) in [4.78, 5) is 39.1. The number of amides is 1. The Bertz CT molecular complexity index is 552. The van der Waals surface area contributed by atoms with E-state index in [0.29, 0.717) is 6.42 Å². The molecule has 1 saturated carbocycles. The first kappa shape index (κ1) is 20.7. The number of carbonyl (C=O) groups excluding carboxylic acids is 2. The number of rotatable bonds is 7. The van der Waals surface area contributed by atoms with E-state index in [9.17, 15) is 19.5 Å². The van der Waals surface area contributed by atoms with Crippen molar-refractivity contribution in [3.05, 3.63) is 0 Å². The second-order valence-corrected chi connectivity index (χ2v) is 7.44. The van der Waals surface area contributed by atoms with Gasteiger partial charge in [0.15, 0.2) is 5.66 Å². The maximum absolute atomic E-state index is 12.7. The van der Waals surface area contributed by atoms with Gasteiger partial charge in [-0.2, -0.15) is 0 Å². The van der Waals surface area contributed by atoms with Gasteiger partial charge in [-0.15, -0.1) is 0 Å². The van der Waals surface area contributed by atoms with Crippen LogP contribution < -0.4 is 5.73 Å². The van der Waals surface area contributed by atoms with E-state index in [1.807, 2.05) is 6.92 Å². The molecule has 26 heavy (non-hydrogen) atoms. The van der Waals surface area contributed by atoms with Crippen molar-refractivity contribution < 1.29 is 24.2 Å². The Labute approximate surface area is 155 Å². The summed E-state index contributed by atoms with van der Waals surface area (Å²) in [6, 6.07) is -0.212. The maximum Gasteiger partial charge on any atom is 0.345 e. The second-order valence-electron chi connectivity index (χ2n) is 7.44. The Hall–Kier alpha value is -1.63. The Morgan fingerprint density at radius 3 is 2.42 bits per heavy atom. The number of ether oxygens (including phenoxy) is 1. The normalized spacial score (nSPS) is 32.0. The highest BCUT2D eigenvalue weighted by Crippen LogP contribution is 2.51. The zero-order valence-electron chi connectivity index (χ0n) is 16.1. The standard InChI is InChI=1S/C19H32N2O5/c1-4-9-13(17(23)26-6-3)16-12-10-7-8-11-14(12)21(15(22)5-2)19(16,20)18(24)25/h12-14,16H,4-11,20H2,1-3H3,(H,24,25). The van der Waals surface area contributed by atoms with Crippen LogP contribution in [0.5, 0.6) is 0 Å². The minimum Gasteiger partial charge on any atom is -0.478 e. The lowest BCUT2D eigenvalue weighted by Crippen LogP contribution is -2.66. The topological polar surface area (TPSA) is 110 Å². The number of hydrogen-bond donors (Lipinski definition) is 2. The molecule has 1 saturated heterocycles. The monoisotopic (exact) mass is 368 g/mol. The minimum absolute atomic E-state index is 0.0821. The SMILES string of the molecule is CCCC(C(=O)OCC)C1C2CCCCC2N(C(=O)CC)C1(N)C(=O)O. The zero-order valence-corrected chi connectivity index (χ0v) is 16.1. The van der Waals surface area contributed by atoms with Crippen LogP contribution in [-0.2, 0) is 19.1 Å². The lowest BCUT2D eigenvalue weighted by Gasteiger charge is -2.39. The van der Waals surface area contributed by atoms with Crippen molar-refractivity contribution in [1.82, 2.24) is 4.90 Å². The molecule has 1 heterocycles. The van der Waals surface area contributed by atoms with Gasteiger partial charge in [0.05, 0.1) is 12.5 Å². The predicted octanol–water partition coefficient (Wildman–Crippen LogP) is 2.13. The van der Waals surface area contributed by atoms with Gasteiger partial charge in [0.1, 0.15) is 0 Å². The first-order valence-corrected chi connectivity index (χ1v) is 9.85. The van der Waals surface area contributed by atoms with E-state index < -0.39 is 29.4 Å². The molecule has 148 valence electrons. The molecule has 0 radical (unpaired) electrons. The van der Waals surface area contributed by atoms with Crippen LogP contribution in [0.1, 0.15) is 65.7 Å². The Kier molecular flexibility index (Phi) is 6.66. The van der Waals surface area contributed by atoms with E-state index in [1.54, 1.807) is 13.8 Å². The molecule has 0 aromatic heterocycles. The van der Waals surface area contributed by atoms with Gasteiger partial charge in [-0.05, 0) is 32.1 Å². The maximum atomic E-state index is 12.7. The van der Waals surface area contributed by atoms with Gasteiger partial charge in [-0.3, -0.25) is 15.3 Å².